The molecule has 0 bridgehead atoms. The van der Waals surface area contributed by atoms with E-state index in [0.29, 0.717) is 13.2 Å². The quantitative estimate of drug-likeness (QED) is 0.346. The first-order chi connectivity index (χ1) is 16.1. The third-order valence-corrected chi connectivity index (χ3v) is 6.52. The van der Waals surface area contributed by atoms with Gasteiger partial charge in [0.1, 0.15) is 11.5 Å². The van der Waals surface area contributed by atoms with Crippen LogP contribution >= 0.6 is 0 Å². The van der Waals surface area contributed by atoms with Crippen LogP contribution in [0, 0.1) is 5.41 Å². The van der Waals surface area contributed by atoms with Gasteiger partial charge in [-0.3, -0.25) is 4.79 Å². The lowest BCUT2D eigenvalue weighted by molar-refractivity contribution is -0.161. The zero-order valence-corrected chi connectivity index (χ0v) is 19.5. The van der Waals surface area contributed by atoms with E-state index in [4.69, 9.17) is 14.2 Å². The first kappa shape index (κ1) is 22.9. The molecule has 0 spiro atoms. The normalized spacial score (nSPS) is 14.2. The van der Waals surface area contributed by atoms with Gasteiger partial charge in [0.15, 0.2) is 0 Å². The first-order valence-electron chi connectivity index (χ1n) is 11.7. The molecule has 4 rings (SSSR count). The van der Waals surface area contributed by atoms with Crippen LogP contribution in [0.25, 0.3) is 11.1 Å². The molecule has 3 aromatic rings. The second-order valence-corrected chi connectivity index (χ2v) is 8.70. The topological polar surface area (TPSA) is 44.8 Å². The van der Waals surface area contributed by atoms with Crippen LogP contribution in [-0.2, 0) is 22.4 Å². The van der Waals surface area contributed by atoms with Crippen LogP contribution in [0.3, 0.4) is 0 Å². The molecule has 0 saturated heterocycles. The molecule has 0 unspecified atom stereocenters. The van der Waals surface area contributed by atoms with E-state index in [-0.39, 0.29) is 11.4 Å². The lowest BCUT2D eigenvalue weighted by atomic mass is 9.65. The van der Waals surface area contributed by atoms with Crippen LogP contribution < -0.4 is 9.47 Å². The molecule has 0 heterocycles. The van der Waals surface area contributed by atoms with E-state index in [1.807, 2.05) is 31.2 Å². The fourth-order valence-electron chi connectivity index (χ4n) is 4.37. The zero-order chi connectivity index (χ0) is 23.1. The van der Waals surface area contributed by atoms with Crippen molar-refractivity contribution in [3.8, 4) is 22.6 Å². The Morgan fingerprint density at radius 1 is 0.818 bits per heavy atom. The molecule has 0 radical (unpaired) electrons. The average Bonchev–Trinajstić information content (AvgIpc) is 2.83. The van der Waals surface area contributed by atoms with Crippen molar-refractivity contribution in [2.24, 2.45) is 5.41 Å². The predicted octanol–water partition coefficient (Wildman–Crippen LogP) is 6.26. The molecule has 1 saturated carbocycles. The summed E-state index contributed by atoms with van der Waals surface area (Å²) in [4.78, 5) is 12.4. The number of hydrogen-bond acceptors (Lipinski definition) is 4. The number of ether oxygens (including phenoxy) is 3. The van der Waals surface area contributed by atoms with Crippen molar-refractivity contribution in [2.45, 2.75) is 39.0 Å². The van der Waals surface area contributed by atoms with Crippen LogP contribution in [0.1, 0.15) is 37.3 Å². The van der Waals surface area contributed by atoms with Gasteiger partial charge in [0.25, 0.3) is 0 Å². The maximum Gasteiger partial charge on any atom is 0.312 e. The van der Waals surface area contributed by atoms with E-state index in [1.165, 1.54) is 16.7 Å². The van der Waals surface area contributed by atoms with Crippen LogP contribution in [0.15, 0.2) is 72.8 Å². The molecule has 33 heavy (non-hydrogen) atoms. The Bertz CT molecular complexity index is 1030. The Balaban J connectivity index is 1.27. The third-order valence-electron chi connectivity index (χ3n) is 6.52. The Labute approximate surface area is 196 Å². The highest BCUT2D eigenvalue weighted by atomic mass is 16.5. The van der Waals surface area contributed by atoms with Gasteiger partial charge < -0.3 is 14.2 Å². The van der Waals surface area contributed by atoms with Crippen LogP contribution in [-0.4, -0.2) is 26.3 Å². The molecule has 0 aromatic heterocycles. The van der Waals surface area contributed by atoms with E-state index in [0.717, 1.165) is 49.2 Å². The summed E-state index contributed by atoms with van der Waals surface area (Å²) in [7, 11) is 1.68. The summed E-state index contributed by atoms with van der Waals surface area (Å²) in [6.07, 6.45) is 4.52. The summed E-state index contributed by atoms with van der Waals surface area (Å²) in [5.74, 6) is 1.67. The van der Waals surface area contributed by atoms with E-state index < -0.39 is 0 Å². The molecule has 172 valence electrons. The van der Waals surface area contributed by atoms with E-state index in [9.17, 15) is 4.79 Å². The van der Waals surface area contributed by atoms with Crippen LogP contribution in [0.5, 0.6) is 11.5 Å². The summed E-state index contributed by atoms with van der Waals surface area (Å²) < 4.78 is 16.5. The van der Waals surface area contributed by atoms with Gasteiger partial charge >= 0.3 is 5.97 Å². The van der Waals surface area contributed by atoms with Crippen molar-refractivity contribution >= 4 is 5.97 Å². The van der Waals surface area contributed by atoms with Crippen molar-refractivity contribution in [1.29, 1.82) is 0 Å². The number of methoxy groups -OCH3 is 1. The largest absolute Gasteiger partial charge is 0.497 e. The molecule has 0 N–H and O–H groups in total. The number of carbonyl (C=O) groups is 1. The molecule has 3 aromatic carbocycles. The highest BCUT2D eigenvalue weighted by Crippen LogP contribution is 2.45. The monoisotopic (exact) mass is 444 g/mol. The van der Waals surface area contributed by atoms with Gasteiger partial charge in [0.05, 0.1) is 25.7 Å². The molecule has 1 fully saturated rings. The van der Waals surface area contributed by atoms with Crippen LogP contribution in [0.4, 0.5) is 0 Å². The molecule has 0 amide bonds. The number of benzene rings is 3. The van der Waals surface area contributed by atoms with Gasteiger partial charge in [-0.25, -0.2) is 0 Å². The van der Waals surface area contributed by atoms with Crippen LogP contribution in [0.2, 0.25) is 0 Å². The second-order valence-electron chi connectivity index (χ2n) is 8.70. The highest BCUT2D eigenvalue weighted by Gasteiger charge is 2.45. The van der Waals surface area contributed by atoms with Crippen molar-refractivity contribution in [3.63, 3.8) is 0 Å². The molecule has 1 aliphatic carbocycles. The van der Waals surface area contributed by atoms with E-state index >= 15 is 0 Å². The second kappa shape index (κ2) is 10.6. The summed E-state index contributed by atoms with van der Waals surface area (Å²) in [5.41, 5.74) is 4.43. The minimum absolute atomic E-state index is 0.0467. The van der Waals surface area contributed by atoms with Crippen molar-refractivity contribution in [1.82, 2.24) is 0 Å². The Morgan fingerprint density at radius 2 is 1.39 bits per heavy atom. The lowest BCUT2D eigenvalue weighted by Gasteiger charge is -2.39. The maximum absolute atomic E-state index is 12.4. The summed E-state index contributed by atoms with van der Waals surface area (Å²) in [5, 5.41) is 0. The molecule has 4 heteroatoms. The standard InChI is InChI=1S/C29H32O4/c1-3-32-28(30)29(18-4-19-29)21-23-7-13-27(14-8-23)33-20-17-22-5-9-24(10-6-22)25-11-15-26(31-2)16-12-25/h5-16H,3-4,17-21H2,1-2H3. The van der Waals surface area contributed by atoms with Gasteiger partial charge in [0.2, 0.25) is 0 Å². The number of rotatable bonds is 10. The highest BCUT2D eigenvalue weighted by molar-refractivity contribution is 5.78. The first-order valence-corrected chi connectivity index (χ1v) is 11.7. The SMILES string of the molecule is CCOC(=O)C1(Cc2ccc(OCCc3ccc(-c4ccc(OC)cc4)cc3)cc2)CCC1. The smallest absolute Gasteiger partial charge is 0.312 e. The van der Waals surface area contributed by atoms with Crippen molar-refractivity contribution < 1.29 is 19.0 Å². The van der Waals surface area contributed by atoms with Gasteiger partial charge in [-0.15, -0.1) is 0 Å². The fraction of sp³-hybridized carbons (Fsp3) is 0.345. The molecular formula is C29H32O4. The van der Waals surface area contributed by atoms with Gasteiger partial charge in [-0.1, -0.05) is 55.0 Å². The fourth-order valence-corrected chi connectivity index (χ4v) is 4.37. The van der Waals surface area contributed by atoms with E-state index in [2.05, 4.69) is 48.5 Å². The van der Waals surface area contributed by atoms with Gasteiger partial charge in [-0.2, -0.15) is 0 Å². The maximum atomic E-state index is 12.4. The number of carbonyl (C=O) groups excluding carboxylic acids is 1. The summed E-state index contributed by atoms with van der Waals surface area (Å²) >= 11 is 0. The van der Waals surface area contributed by atoms with Gasteiger partial charge in [-0.05, 0) is 72.7 Å². The molecule has 0 atom stereocenters. The molecule has 1 aliphatic rings. The van der Waals surface area contributed by atoms with Gasteiger partial charge in [0, 0.05) is 6.42 Å². The molecule has 0 aliphatic heterocycles. The molecule has 4 nitrogen and oxygen atoms in total. The Hall–Kier alpha value is -3.27. The van der Waals surface area contributed by atoms with Crippen molar-refractivity contribution in [2.75, 3.05) is 20.3 Å². The molecular weight excluding hydrogens is 412 g/mol. The average molecular weight is 445 g/mol. The summed E-state index contributed by atoms with van der Waals surface area (Å²) in [6.45, 7) is 2.93. The predicted molar refractivity (Wildman–Crippen MR) is 131 cm³/mol. The zero-order valence-electron chi connectivity index (χ0n) is 19.5. The number of esters is 1. The lowest BCUT2D eigenvalue weighted by Crippen LogP contribution is -2.41. The Kier molecular flexibility index (Phi) is 7.33. The minimum Gasteiger partial charge on any atom is -0.497 e. The summed E-state index contributed by atoms with van der Waals surface area (Å²) in [6, 6.07) is 24.8. The van der Waals surface area contributed by atoms with Crippen molar-refractivity contribution in [3.05, 3.63) is 83.9 Å². The number of hydrogen-bond donors (Lipinski definition) is 0. The Morgan fingerprint density at radius 3 is 1.94 bits per heavy atom. The minimum atomic E-state index is -0.323. The van der Waals surface area contributed by atoms with E-state index in [1.54, 1.807) is 7.11 Å². The third kappa shape index (κ3) is 5.57.